The van der Waals surface area contributed by atoms with Gasteiger partial charge in [-0.1, -0.05) is 6.08 Å². The fourth-order valence-electron chi connectivity index (χ4n) is 0.423. The molecule has 0 aliphatic heterocycles. The topological polar surface area (TPSA) is 12.0 Å². The molecule has 0 bridgehead atoms. The summed E-state index contributed by atoms with van der Waals surface area (Å²) in [6.45, 7) is 10.7. The summed E-state index contributed by atoms with van der Waals surface area (Å²) in [5.41, 5.74) is 0. The highest BCUT2D eigenvalue weighted by atomic mass is 14.8. The van der Waals surface area contributed by atoms with Gasteiger partial charge < -0.3 is 5.32 Å². The number of rotatable bonds is 4. The first kappa shape index (κ1) is 11.3. The number of unbranched alkanes of at least 4 members (excludes halogenated alkanes) is 1. The second-order valence-electron chi connectivity index (χ2n) is 1.53. The first-order valence-corrected chi connectivity index (χ1v) is 3.17. The van der Waals surface area contributed by atoms with Gasteiger partial charge in [0.05, 0.1) is 0 Å². The van der Waals surface area contributed by atoms with Crippen molar-refractivity contribution in [3.8, 4) is 0 Å². The van der Waals surface area contributed by atoms with Gasteiger partial charge in [0.25, 0.3) is 0 Å². The molecule has 0 unspecified atom stereocenters. The van der Waals surface area contributed by atoms with E-state index in [0.29, 0.717) is 0 Å². The van der Waals surface area contributed by atoms with Crippen molar-refractivity contribution >= 4 is 0 Å². The van der Waals surface area contributed by atoms with E-state index in [0.717, 1.165) is 13.0 Å². The average molecular weight is 127 g/mol. The molecule has 0 aromatic rings. The summed E-state index contributed by atoms with van der Waals surface area (Å²) in [5, 5.41) is 3.05. The molecule has 0 heterocycles. The lowest BCUT2D eigenvalue weighted by Gasteiger charge is -1.90. The van der Waals surface area contributed by atoms with Gasteiger partial charge in [-0.2, -0.15) is 0 Å². The van der Waals surface area contributed by atoms with Crippen LogP contribution in [0.25, 0.3) is 0 Å². The smallest absolute Gasteiger partial charge is 0.00490 e. The summed E-state index contributed by atoms with van der Waals surface area (Å²) in [4.78, 5) is 0. The largest absolute Gasteiger partial charge is 0.320 e. The molecule has 0 amide bonds. The van der Waals surface area contributed by atoms with E-state index in [-0.39, 0.29) is 0 Å². The minimum Gasteiger partial charge on any atom is -0.320 e. The van der Waals surface area contributed by atoms with Gasteiger partial charge in [-0.25, -0.2) is 0 Å². The third kappa shape index (κ3) is 18.6. The highest BCUT2D eigenvalue weighted by molar-refractivity contribution is 4.65. The number of allylic oxidation sites excluding steroid dienone is 1. The van der Waals surface area contributed by atoms with E-state index in [1.54, 1.807) is 0 Å². The Balaban J connectivity index is 0. The van der Waals surface area contributed by atoms with E-state index in [1.807, 2.05) is 13.1 Å². The second kappa shape index (κ2) is 15.7. The first-order valence-electron chi connectivity index (χ1n) is 3.17. The quantitative estimate of drug-likeness (QED) is 0.450. The Morgan fingerprint density at radius 2 is 2.00 bits per heavy atom. The van der Waals surface area contributed by atoms with Crippen molar-refractivity contribution in [3.05, 3.63) is 25.8 Å². The molecule has 1 N–H and O–H groups in total. The fourth-order valence-corrected chi connectivity index (χ4v) is 0.423. The standard InChI is InChI=1S/C6H13N.C2H4/c1-3-4-5-6-7-2;1-2/h3,7H,1,4-6H2,2H3;1-2H2. The van der Waals surface area contributed by atoms with Crippen LogP contribution in [0.3, 0.4) is 0 Å². The first-order chi connectivity index (χ1) is 4.41. The molecule has 0 saturated carbocycles. The summed E-state index contributed by atoms with van der Waals surface area (Å²) in [6, 6.07) is 0. The zero-order chi connectivity index (χ0) is 7.54. The second-order valence-corrected chi connectivity index (χ2v) is 1.53. The average Bonchev–Trinajstić information content (AvgIpc) is 1.94. The summed E-state index contributed by atoms with van der Waals surface area (Å²) in [5.74, 6) is 0. The third-order valence-corrected chi connectivity index (χ3v) is 0.835. The van der Waals surface area contributed by atoms with E-state index < -0.39 is 0 Å². The van der Waals surface area contributed by atoms with Crippen LogP contribution in [0.2, 0.25) is 0 Å². The third-order valence-electron chi connectivity index (χ3n) is 0.835. The molecule has 0 rings (SSSR count). The minimum absolute atomic E-state index is 1.10. The van der Waals surface area contributed by atoms with Gasteiger partial charge in [-0.05, 0) is 26.4 Å². The number of hydrogen-bond donors (Lipinski definition) is 1. The van der Waals surface area contributed by atoms with Crippen LogP contribution < -0.4 is 5.32 Å². The van der Waals surface area contributed by atoms with E-state index in [2.05, 4.69) is 25.1 Å². The van der Waals surface area contributed by atoms with Crippen LogP contribution in [0.5, 0.6) is 0 Å². The van der Waals surface area contributed by atoms with Crippen LogP contribution in [0.15, 0.2) is 25.8 Å². The Hall–Kier alpha value is -0.560. The molecule has 0 aromatic heterocycles. The Labute approximate surface area is 58.5 Å². The predicted octanol–water partition coefficient (Wildman–Crippen LogP) is 1.97. The maximum atomic E-state index is 3.60. The van der Waals surface area contributed by atoms with Crippen LogP contribution in [0.4, 0.5) is 0 Å². The molecule has 0 aliphatic rings. The lowest BCUT2D eigenvalue weighted by Crippen LogP contribution is -2.06. The van der Waals surface area contributed by atoms with Crippen LogP contribution >= 0.6 is 0 Å². The van der Waals surface area contributed by atoms with Crippen LogP contribution in [-0.2, 0) is 0 Å². The van der Waals surface area contributed by atoms with E-state index in [9.17, 15) is 0 Å². The number of nitrogens with one attached hydrogen (secondary N) is 1. The highest BCUT2D eigenvalue weighted by Gasteiger charge is 1.75. The van der Waals surface area contributed by atoms with Crippen molar-refractivity contribution in [2.45, 2.75) is 12.8 Å². The molecule has 0 radical (unpaired) electrons. The lowest BCUT2D eigenvalue weighted by atomic mass is 10.3. The van der Waals surface area contributed by atoms with Crippen LogP contribution in [0.1, 0.15) is 12.8 Å². The summed E-state index contributed by atoms with van der Waals surface area (Å²) >= 11 is 0. The Morgan fingerprint density at radius 3 is 2.33 bits per heavy atom. The van der Waals surface area contributed by atoms with Crippen LogP contribution in [-0.4, -0.2) is 13.6 Å². The van der Waals surface area contributed by atoms with Gasteiger partial charge in [0, 0.05) is 0 Å². The maximum absolute atomic E-state index is 3.60. The lowest BCUT2D eigenvalue weighted by molar-refractivity contribution is 0.736. The zero-order valence-electron chi connectivity index (χ0n) is 6.32. The molecule has 0 spiro atoms. The molecule has 0 aliphatic carbocycles. The Morgan fingerprint density at radius 1 is 1.44 bits per heavy atom. The van der Waals surface area contributed by atoms with Crippen LogP contribution in [0, 0.1) is 0 Å². The molecule has 1 heteroatoms. The van der Waals surface area contributed by atoms with Gasteiger partial charge >= 0.3 is 0 Å². The van der Waals surface area contributed by atoms with Crippen molar-refractivity contribution in [2.24, 2.45) is 0 Å². The molecule has 1 nitrogen and oxygen atoms in total. The predicted molar refractivity (Wildman–Crippen MR) is 44.6 cm³/mol. The molecule has 0 aromatic carbocycles. The van der Waals surface area contributed by atoms with Crippen molar-refractivity contribution < 1.29 is 0 Å². The van der Waals surface area contributed by atoms with Gasteiger partial charge in [0.1, 0.15) is 0 Å². The Bertz CT molecular complexity index is 50.5. The monoisotopic (exact) mass is 127 g/mol. The molecular weight excluding hydrogens is 110 g/mol. The molecule has 54 valence electrons. The van der Waals surface area contributed by atoms with Gasteiger partial charge in [-0.3, -0.25) is 0 Å². The van der Waals surface area contributed by atoms with Crippen molar-refractivity contribution in [3.63, 3.8) is 0 Å². The van der Waals surface area contributed by atoms with Crippen molar-refractivity contribution in [2.75, 3.05) is 13.6 Å². The Kier molecular flexibility index (Phi) is 19.6. The van der Waals surface area contributed by atoms with E-state index in [4.69, 9.17) is 0 Å². The summed E-state index contributed by atoms with van der Waals surface area (Å²) in [6.07, 6.45) is 4.28. The molecular formula is C8H17N. The summed E-state index contributed by atoms with van der Waals surface area (Å²) < 4.78 is 0. The highest BCUT2D eigenvalue weighted by Crippen LogP contribution is 1.83. The van der Waals surface area contributed by atoms with Crippen molar-refractivity contribution in [1.82, 2.24) is 5.32 Å². The summed E-state index contributed by atoms with van der Waals surface area (Å²) in [7, 11) is 1.96. The van der Waals surface area contributed by atoms with Crippen molar-refractivity contribution in [1.29, 1.82) is 0 Å². The normalized spacial score (nSPS) is 7.22. The zero-order valence-corrected chi connectivity index (χ0v) is 6.32. The van der Waals surface area contributed by atoms with Gasteiger partial charge in [-0.15, -0.1) is 19.7 Å². The molecule has 0 atom stereocenters. The maximum Gasteiger partial charge on any atom is -0.00490 e. The fraction of sp³-hybridized carbons (Fsp3) is 0.500. The molecule has 0 fully saturated rings. The van der Waals surface area contributed by atoms with E-state index >= 15 is 0 Å². The van der Waals surface area contributed by atoms with E-state index in [1.165, 1.54) is 6.42 Å². The SMILES string of the molecule is C=C.C=CCCCNC. The van der Waals surface area contributed by atoms with Gasteiger partial charge in [0.2, 0.25) is 0 Å². The molecule has 9 heavy (non-hydrogen) atoms. The van der Waals surface area contributed by atoms with Gasteiger partial charge in [0.15, 0.2) is 0 Å². The number of hydrogen-bond acceptors (Lipinski definition) is 1. The minimum atomic E-state index is 1.10. The molecule has 0 saturated heterocycles.